The van der Waals surface area contributed by atoms with Crippen molar-refractivity contribution >= 4 is 29.9 Å². The summed E-state index contributed by atoms with van der Waals surface area (Å²) in [5.74, 6) is 2.03. The van der Waals surface area contributed by atoms with Crippen molar-refractivity contribution in [3.8, 4) is 5.75 Å². The van der Waals surface area contributed by atoms with Crippen LogP contribution in [0.15, 0.2) is 52.1 Å². The average Bonchev–Trinajstić information content (AvgIpc) is 3.38. The summed E-state index contributed by atoms with van der Waals surface area (Å²) in [5, 5.41) is 6.73. The molecule has 2 heterocycles. The Morgan fingerprint density at radius 1 is 1.10 bits per heavy atom. The summed E-state index contributed by atoms with van der Waals surface area (Å²) in [4.78, 5) is 4.70. The van der Waals surface area contributed by atoms with Gasteiger partial charge < -0.3 is 29.3 Å². The number of aliphatic imine (C=N–C) groups is 1. The van der Waals surface area contributed by atoms with Crippen molar-refractivity contribution in [2.24, 2.45) is 4.99 Å². The molecule has 0 aliphatic carbocycles. The van der Waals surface area contributed by atoms with Gasteiger partial charge >= 0.3 is 0 Å². The molecule has 8 heteroatoms. The number of furan rings is 1. The molecule has 0 unspecified atom stereocenters. The SMILES string of the molecule is COc1ccc(CN=C(NCCc2ccco2)NCCC2(C)OCCO2)cc1.I. The normalized spacial score (nSPS) is 15.6. The van der Waals surface area contributed by atoms with Crippen LogP contribution in [0.4, 0.5) is 0 Å². The van der Waals surface area contributed by atoms with Crippen LogP contribution in [0.3, 0.4) is 0 Å². The first-order chi connectivity index (χ1) is 13.7. The Kier molecular flexibility index (Phi) is 9.75. The van der Waals surface area contributed by atoms with Crippen molar-refractivity contribution in [2.45, 2.75) is 32.1 Å². The van der Waals surface area contributed by atoms with Crippen LogP contribution in [-0.2, 0) is 22.4 Å². The molecule has 160 valence electrons. The second kappa shape index (κ2) is 12.0. The lowest BCUT2D eigenvalue weighted by Gasteiger charge is -2.23. The lowest BCUT2D eigenvalue weighted by atomic mass is 10.2. The minimum atomic E-state index is -0.512. The molecule has 0 amide bonds. The predicted octanol–water partition coefficient (Wildman–Crippen LogP) is 3.34. The monoisotopic (exact) mass is 515 g/mol. The number of methoxy groups -OCH3 is 1. The van der Waals surface area contributed by atoms with E-state index in [9.17, 15) is 0 Å². The zero-order valence-corrected chi connectivity index (χ0v) is 19.3. The van der Waals surface area contributed by atoms with Gasteiger partial charge in [-0.15, -0.1) is 24.0 Å². The summed E-state index contributed by atoms with van der Waals surface area (Å²) in [5.41, 5.74) is 1.11. The molecule has 1 aliphatic rings. The fraction of sp³-hybridized carbons (Fsp3) is 0.476. The van der Waals surface area contributed by atoms with Crippen LogP contribution in [0.5, 0.6) is 5.75 Å². The third-order valence-corrected chi connectivity index (χ3v) is 4.59. The van der Waals surface area contributed by atoms with Crippen LogP contribution in [-0.4, -0.2) is 45.2 Å². The highest BCUT2D eigenvalue weighted by Gasteiger charge is 2.30. The summed E-state index contributed by atoms with van der Waals surface area (Å²) in [6.07, 6.45) is 3.23. The highest BCUT2D eigenvalue weighted by atomic mass is 127. The zero-order chi connectivity index (χ0) is 19.7. The first-order valence-electron chi connectivity index (χ1n) is 9.62. The smallest absolute Gasteiger partial charge is 0.191 e. The van der Waals surface area contributed by atoms with Crippen LogP contribution in [0.25, 0.3) is 0 Å². The number of nitrogens with zero attached hydrogens (tertiary/aromatic N) is 1. The van der Waals surface area contributed by atoms with E-state index < -0.39 is 5.79 Å². The van der Waals surface area contributed by atoms with E-state index in [0.29, 0.717) is 26.3 Å². The molecule has 1 aliphatic heterocycles. The van der Waals surface area contributed by atoms with E-state index in [2.05, 4.69) is 10.6 Å². The van der Waals surface area contributed by atoms with E-state index in [4.69, 9.17) is 23.6 Å². The van der Waals surface area contributed by atoms with Crippen LogP contribution in [0.1, 0.15) is 24.7 Å². The topological polar surface area (TPSA) is 77.2 Å². The fourth-order valence-electron chi connectivity index (χ4n) is 2.94. The molecule has 1 fully saturated rings. The Balaban J connectivity index is 0.00000300. The van der Waals surface area contributed by atoms with Crippen LogP contribution in [0, 0.1) is 0 Å². The second-order valence-electron chi connectivity index (χ2n) is 6.78. The molecule has 2 N–H and O–H groups in total. The maximum absolute atomic E-state index is 5.66. The number of nitrogens with one attached hydrogen (secondary N) is 2. The van der Waals surface area contributed by atoms with Crippen LogP contribution in [0.2, 0.25) is 0 Å². The molecule has 0 bridgehead atoms. The van der Waals surface area contributed by atoms with Gasteiger partial charge in [-0.05, 0) is 36.8 Å². The van der Waals surface area contributed by atoms with Crippen molar-refractivity contribution in [2.75, 3.05) is 33.4 Å². The number of ether oxygens (including phenoxy) is 3. The van der Waals surface area contributed by atoms with E-state index in [1.54, 1.807) is 13.4 Å². The van der Waals surface area contributed by atoms with Crippen molar-refractivity contribution in [3.05, 3.63) is 54.0 Å². The van der Waals surface area contributed by atoms with Gasteiger partial charge in [-0.25, -0.2) is 4.99 Å². The van der Waals surface area contributed by atoms with E-state index in [-0.39, 0.29) is 24.0 Å². The Bertz CT molecular complexity index is 729. The van der Waals surface area contributed by atoms with E-state index >= 15 is 0 Å². The van der Waals surface area contributed by atoms with Gasteiger partial charge in [0.25, 0.3) is 0 Å². The first kappa shape index (κ1) is 23.5. The molecular weight excluding hydrogens is 485 g/mol. The largest absolute Gasteiger partial charge is 0.497 e. The molecule has 3 rings (SSSR count). The summed E-state index contributed by atoms with van der Waals surface area (Å²) >= 11 is 0. The van der Waals surface area contributed by atoms with E-state index in [1.807, 2.05) is 43.3 Å². The Labute approximate surface area is 189 Å². The summed E-state index contributed by atoms with van der Waals surface area (Å²) < 4.78 is 21.9. The molecule has 7 nitrogen and oxygen atoms in total. The van der Waals surface area contributed by atoms with Gasteiger partial charge in [0, 0.05) is 25.9 Å². The van der Waals surface area contributed by atoms with Gasteiger partial charge in [-0.3, -0.25) is 0 Å². The van der Waals surface area contributed by atoms with Crippen LogP contribution < -0.4 is 15.4 Å². The average molecular weight is 515 g/mol. The zero-order valence-electron chi connectivity index (χ0n) is 17.0. The molecular formula is C21H30IN3O4. The molecule has 0 radical (unpaired) electrons. The van der Waals surface area contributed by atoms with Gasteiger partial charge in [-0.1, -0.05) is 12.1 Å². The molecule has 29 heavy (non-hydrogen) atoms. The molecule has 1 saturated heterocycles. The van der Waals surface area contributed by atoms with Gasteiger partial charge in [0.1, 0.15) is 11.5 Å². The van der Waals surface area contributed by atoms with Crippen LogP contribution >= 0.6 is 24.0 Å². The first-order valence-corrected chi connectivity index (χ1v) is 9.62. The Morgan fingerprint density at radius 2 is 1.83 bits per heavy atom. The molecule has 0 spiro atoms. The minimum absolute atomic E-state index is 0. The second-order valence-corrected chi connectivity index (χ2v) is 6.78. The maximum Gasteiger partial charge on any atom is 0.191 e. The van der Waals surface area contributed by atoms with E-state index in [1.165, 1.54) is 0 Å². The molecule has 1 aromatic heterocycles. The van der Waals surface area contributed by atoms with Gasteiger partial charge in [0.15, 0.2) is 11.7 Å². The fourth-order valence-corrected chi connectivity index (χ4v) is 2.94. The third-order valence-electron chi connectivity index (χ3n) is 4.59. The van der Waals surface area contributed by atoms with E-state index in [0.717, 1.165) is 42.4 Å². The van der Waals surface area contributed by atoms with Crippen molar-refractivity contribution in [1.29, 1.82) is 0 Å². The number of guanidine groups is 1. The Morgan fingerprint density at radius 3 is 2.48 bits per heavy atom. The van der Waals surface area contributed by atoms with Gasteiger partial charge in [0.05, 0.1) is 33.1 Å². The standard InChI is InChI=1S/C21H29N3O4.HI/c1-21(27-14-15-28-21)10-12-23-20(22-11-9-19-4-3-13-26-19)24-16-17-5-7-18(25-2)8-6-17;/h3-8,13H,9-12,14-16H2,1-2H3,(H2,22,23,24);1H. The molecule has 1 aromatic carbocycles. The molecule has 0 atom stereocenters. The van der Waals surface area contributed by atoms with Crippen molar-refractivity contribution in [1.82, 2.24) is 10.6 Å². The summed E-state index contributed by atoms with van der Waals surface area (Å²) in [6, 6.07) is 11.8. The number of benzene rings is 1. The highest BCUT2D eigenvalue weighted by molar-refractivity contribution is 14.0. The lowest BCUT2D eigenvalue weighted by molar-refractivity contribution is -0.145. The molecule has 2 aromatic rings. The van der Waals surface area contributed by atoms with Crippen molar-refractivity contribution in [3.63, 3.8) is 0 Å². The highest BCUT2D eigenvalue weighted by Crippen LogP contribution is 2.21. The van der Waals surface area contributed by atoms with Gasteiger partial charge in [0.2, 0.25) is 0 Å². The molecule has 0 saturated carbocycles. The maximum atomic E-state index is 5.66. The summed E-state index contributed by atoms with van der Waals surface area (Å²) in [6.45, 7) is 5.27. The summed E-state index contributed by atoms with van der Waals surface area (Å²) in [7, 11) is 1.66. The third kappa shape index (κ3) is 7.87. The number of hydrogen-bond acceptors (Lipinski definition) is 5. The van der Waals surface area contributed by atoms with Gasteiger partial charge in [-0.2, -0.15) is 0 Å². The lowest BCUT2D eigenvalue weighted by Crippen LogP contribution is -2.41. The number of halogens is 1. The minimum Gasteiger partial charge on any atom is -0.497 e. The number of hydrogen-bond donors (Lipinski definition) is 2. The van der Waals surface area contributed by atoms with Crippen molar-refractivity contribution < 1.29 is 18.6 Å². The Hall–Kier alpha value is -1.78. The number of rotatable bonds is 9. The predicted molar refractivity (Wildman–Crippen MR) is 123 cm³/mol. The quantitative estimate of drug-likeness (QED) is 0.303.